The SMILES string of the molecule is COC(=O)N[C@H]1CCc2cccc3c2N(C1=O)[C@H](c1nnc(-c2ccc(Br)cc2)o1)C3. The Morgan fingerprint density at radius 2 is 1.97 bits per heavy atom. The molecule has 8 nitrogen and oxygen atoms in total. The molecule has 0 saturated carbocycles. The standard InChI is InChI=1S/C22H19BrN4O4/c1-30-22(29)24-16-10-7-12-3-2-4-14-11-17(27(18(12)14)21(16)28)20-26-25-19(31-20)13-5-8-15(23)9-6-13/h2-6,8-9,16-17H,7,10-11H2,1H3,(H,24,29)/t16-,17-/m0/s1. The first-order chi connectivity index (χ1) is 15.0. The molecule has 0 aliphatic carbocycles. The van der Waals surface area contributed by atoms with Gasteiger partial charge < -0.3 is 14.5 Å². The second-order valence-corrected chi connectivity index (χ2v) is 8.45. The van der Waals surface area contributed by atoms with Crippen molar-refractivity contribution < 1.29 is 18.7 Å². The van der Waals surface area contributed by atoms with E-state index in [9.17, 15) is 9.59 Å². The summed E-state index contributed by atoms with van der Waals surface area (Å²) in [5.74, 6) is 0.555. The molecule has 0 radical (unpaired) electrons. The van der Waals surface area contributed by atoms with Crippen LogP contribution in [0.25, 0.3) is 11.5 Å². The molecule has 1 N–H and O–H groups in total. The first-order valence-corrected chi connectivity index (χ1v) is 10.7. The molecule has 3 heterocycles. The van der Waals surface area contributed by atoms with Crippen LogP contribution >= 0.6 is 15.9 Å². The fourth-order valence-corrected chi connectivity index (χ4v) is 4.51. The van der Waals surface area contributed by atoms with Crippen LogP contribution in [0.5, 0.6) is 0 Å². The minimum atomic E-state index is -0.692. The van der Waals surface area contributed by atoms with E-state index >= 15 is 0 Å². The lowest BCUT2D eigenvalue weighted by Gasteiger charge is -2.26. The molecule has 9 heteroatoms. The van der Waals surface area contributed by atoms with E-state index in [4.69, 9.17) is 9.15 Å². The van der Waals surface area contributed by atoms with Crippen molar-refractivity contribution in [1.82, 2.24) is 15.5 Å². The number of benzene rings is 2. The molecule has 0 fully saturated rings. The maximum Gasteiger partial charge on any atom is 0.407 e. The number of para-hydroxylation sites is 1. The number of halogens is 1. The van der Waals surface area contributed by atoms with Gasteiger partial charge in [-0.15, -0.1) is 10.2 Å². The summed E-state index contributed by atoms with van der Waals surface area (Å²) in [4.78, 5) is 27.0. The number of amides is 2. The van der Waals surface area contributed by atoms with Gasteiger partial charge in [-0.05, 0) is 48.2 Å². The highest BCUT2D eigenvalue weighted by Crippen LogP contribution is 2.45. The Morgan fingerprint density at radius 1 is 1.19 bits per heavy atom. The highest BCUT2D eigenvalue weighted by Gasteiger charge is 2.43. The lowest BCUT2D eigenvalue weighted by atomic mass is 10.0. The van der Waals surface area contributed by atoms with Crippen molar-refractivity contribution in [2.75, 3.05) is 12.0 Å². The number of aromatic nitrogens is 2. The molecule has 2 amide bonds. The fraction of sp³-hybridized carbons (Fsp3) is 0.273. The molecule has 5 rings (SSSR count). The first-order valence-electron chi connectivity index (χ1n) is 9.93. The number of nitrogens with one attached hydrogen (secondary N) is 1. The summed E-state index contributed by atoms with van der Waals surface area (Å²) in [6.07, 6.45) is 1.10. The number of methoxy groups -OCH3 is 1. The van der Waals surface area contributed by atoms with E-state index in [1.807, 2.05) is 42.5 Å². The lowest BCUT2D eigenvalue weighted by Crippen LogP contribution is -2.48. The van der Waals surface area contributed by atoms with Gasteiger partial charge in [0.15, 0.2) is 0 Å². The van der Waals surface area contributed by atoms with E-state index in [1.54, 1.807) is 4.90 Å². The quantitative estimate of drug-likeness (QED) is 0.609. The van der Waals surface area contributed by atoms with Crippen LogP contribution in [-0.2, 0) is 22.4 Å². The summed E-state index contributed by atoms with van der Waals surface area (Å²) >= 11 is 3.42. The molecule has 3 aromatic rings. The number of carbonyl (C=O) groups is 2. The van der Waals surface area contributed by atoms with E-state index in [0.29, 0.717) is 31.0 Å². The Hall–Kier alpha value is -3.20. The molecular weight excluding hydrogens is 464 g/mol. The maximum absolute atomic E-state index is 13.5. The second kappa shape index (κ2) is 7.81. The summed E-state index contributed by atoms with van der Waals surface area (Å²) in [5.41, 5.74) is 3.80. The zero-order valence-corrected chi connectivity index (χ0v) is 18.3. The number of alkyl carbamates (subject to hydrolysis) is 1. The zero-order chi connectivity index (χ0) is 21.5. The molecule has 0 saturated heterocycles. The van der Waals surface area contributed by atoms with Gasteiger partial charge in [0, 0.05) is 16.5 Å². The second-order valence-electron chi connectivity index (χ2n) is 7.53. The minimum Gasteiger partial charge on any atom is -0.453 e. The molecular formula is C22H19BrN4O4. The summed E-state index contributed by atoms with van der Waals surface area (Å²) in [6, 6.07) is 12.5. The van der Waals surface area contributed by atoms with E-state index in [0.717, 1.165) is 26.9 Å². The van der Waals surface area contributed by atoms with Gasteiger partial charge in [0.2, 0.25) is 17.7 Å². The Morgan fingerprint density at radius 3 is 2.74 bits per heavy atom. The summed E-state index contributed by atoms with van der Waals surface area (Å²) in [6.45, 7) is 0. The topological polar surface area (TPSA) is 97.6 Å². The lowest BCUT2D eigenvalue weighted by molar-refractivity contribution is -0.121. The third-order valence-corrected chi connectivity index (χ3v) is 6.23. The molecule has 2 aliphatic heterocycles. The molecule has 2 aliphatic rings. The van der Waals surface area contributed by atoms with Gasteiger partial charge in [0.1, 0.15) is 12.1 Å². The van der Waals surface area contributed by atoms with E-state index in [2.05, 4.69) is 31.4 Å². The summed E-state index contributed by atoms with van der Waals surface area (Å²) < 4.78 is 11.7. The van der Waals surface area contributed by atoms with Crippen LogP contribution in [0.15, 0.2) is 51.4 Å². The van der Waals surface area contributed by atoms with Crippen LogP contribution in [0.1, 0.15) is 29.5 Å². The van der Waals surface area contributed by atoms with Gasteiger partial charge in [-0.25, -0.2) is 4.79 Å². The average Bonchev–Trinajstić information content (AvgIpc) is 3.38. The van der Waals surface area contributed by atoms with Gasteiger partial charge in [0.05, 0.1) is 12.8 Å². The zero-order valence-electron chi connectivity index (χ0n) is 16.7. The number of hydrogen-bond acceptors (Lipinski definition) is 6. The Labute approximate surface area is 186 Å². The van der Waals surface area contributed by atoms with Gasteiger partial charge >= 0.3 is 6.09 Å². The molecule has 158 valence electrons. The third kappa shape index (κ3) is 3.48. The van der Waals surface area contributed by atoms with Gasteiger partial charge in [0.25, 0.3) is 0 Å². The van der Waals surface area contributed by atoms with Gasteiger partial charge in [-0.2, -0.15) is 0 Å². The molecule has 0 unspecified atom stereocenters. The van der Waals surface area contributed by atoms with E-state index in [-0.39, 0.29) is 5.91 Å². The molecule has 2 atom stereocenters. The highest BCUT2D eigenvalue weighted by molar-refractivity contribution is 9.10. The Kier molecular flexibility index (Phi) is 4.97. The Bertz CT molecular complexity index is 1160. The molecule has 2 aromatic carbocycles. The van der Waals surface area contributed by atoms with Crippen molar-refractivity contribution in [3.8, 4) is 11.5 Å². The third-order valence-electron chi connectivity index (χ3n) is 5.70. The van der Waals surface area contributed by atoms with Crippen molar-refractivity contribution in [2.24, 2.45) is 0 Å². The maximum atomic E-state index is 13.5. The van der Waals surface area contributed by atoms with Crippen molar-refractivity contribution in [3.05, 3.63) is 64.0 Å². The van der Waals surface area contributed by atoms with Crippen molar-refractivity contribution >= 4 is 33.6 Å². The number of hydrogen-bond donors (Lipinski definition) is 1. The van der Waals surface area contributed by atoms with Crippen LogP contribution in [0, 0.1) is 0 Å². The predicted octanol–water partition coefficient (Wildman–Crippen LogP) is 3.80. The summed E-state index contributed by atoms with van der Waals surface area (Å²) in [5, 5.41) is 11.1. The van der Waals surface area contributed by atoms with Crippen LogP contribution < -0.4 is 10.2 Å². The number of ether oxygens (including phenoxy) is 1. The monoisotopic (exact) mass is 482 g/mol. The predicted molar refractivity (Wildman–Crippen MR) is 115 cm³/mol. The van der Waals surface area contributed by atoms with Gasteiger partial charge in [-0.1, -0.05) is 34.1 Å². The summed E-state index contributed by atoms with van der Waals surface area (Å²) in [7, 11) is 1.28. The number of anilines is 1. The van der Waals surface area contributed by atoms with Crippen molar-refractivity contribution in [1.29, 1.82) is 0 Å². The largest absolute Gasteiger partial charge is 0.453 e. The Balaban J connectivity index is 1.52. The van der Waals surface area contributed by atoms with Crippen molar-refractivity contribution in [2.45, 2.75) is 31.3 Å². The van der Waals surface area contributed by atoms with Crippen molar-refractivity contribution in [3.63, 3.8) is 0 Å². The number of nitrogens with zero attached hydrogens (tertiary/aromatic N) is 3. The minimum absolute atomic E-state index is 0.206. The first kappa shape index (κ1) is 19.7. The van der Waals surface area contributed by atoms with Crippen LogP contribution in [0.2, 0.25) is 0 Å². The van der Waals surface area contributed by atoms with E-state index < -0.39 is 18.2 Å². The number of carbonyl (C=O) groups excluding carboxylic acids is 2. The molecule has 1 aromatic heterocycles. The molecule has 0 bridgehead atoms. The number of rotatable bonds is 3. The van der Waals surface area contributed by atoms with Gasteiger partial charge in [-0.3, -0.25) is 9.69 Å². The van der Waals surface area contributed by atoms with Crippen LogP contribution in [0.4, 0.5) is 10.5 Å². The van der Waals surface area contributed by atoms with Crippen LogP contribution in [0.3, 0.4) is 0 Å². The highest BCUT2D eigenvalue weighted by atomic mass is 79.9. The molecule has 31 heavy (non-hydrogen) atoms. The normalized spacial score (nSPS) is 19.7. The molecule has 0 spiro atoms. The van der Waals surface area contributed by atoms with E-state index in [1.165, 1.54) is 7.11 Å². The average molecular weight is 483 g/mol. The smallest absolute Gasteiger partial charge is 0.407 e. The fourth-order valence-electron chi connectivity index (χ4n) is 4.24. The number of aryl methyl sites for hydroxylation is 1. The van der Waals surface area contributed by atoms with Crippen LogP contribution in [-0.4, -0.2) is 35.3 Å².